The second-order valence-electron chi connectivity index (χ2n) is 10.1. The normalized spacial score (nSPS) is 18.6. The molecule has 1 unspecified atom stereocenters. The van der Waals surface area contributed by atoms with Crippen molar-refractivity contribution in [3.8, 4) is 5.75 Å². The van der Waals surface area contributed by atoms with Gasteiger partial charge in [0, 0.05) is 19.5 Å². The predicted molar refractivity (Wildman–Crippen MR) is 142 cm³/mol. The number of benzene rings is 2. The summed E-state index contributed by atoms with van der Waals surface area (Å²) >= 11 is 0. The second-order valence-corrected chi connectivity index (χ2v) is 10.1. The number of hydrogen-bond donors (Lipinski definition) is 3. The summed E-state index contributed by atoms with van der Waals surface area (Å²) < 4.78 is 46.2. The highest BCUT2D eigenvalue weighted by atomic mass is 19.4. The summed E-state index contributed by atoms with van der Waals surface area (Å²) in [5.74, 6) is -1.04. The second kappa shape index (κ2) is 10.9. The fourth-order valence-electron chi connectivity index (χ4n) is 4.96. The minimum atomic E-state index is -4.61. The van der Waals surface area contributed by atoms with E-state index in [0.717, 1.165) is 11.1 Å². The van der Waals surface area contributed by atoms with E-state index in [1.54, 1.807) is 19.2 Å². The number of hydrogen-bond acceptors (Lipinski definition) is 8. The van der Waals surface area contributed by atoms with E-state index in [2.05, 4.69) is 35.9 Å². The molecule has 0 spiro atoms. The van der Waals surface area contributed by atoms with E-state index in [9.17, 15) is 22.8 Å². The lowest BCUT2D eigenvalue weighted by atomic mass is 10.0. The first-order valence-corrected chi connectivity index (χ1v) is 13.2. The van der Waals surface area contributed by atoms with Crippen LogP contribution in [-0.2, 0) is 36.9 Å². The fourth-order valence-corrected chi connectivity index (χ4v) is 4.96. The van der Waals surface area contributed by atoms with Gasteiger partial charge in [-0.15, -0.1) is 10.2 Å². The van der Waals surface area contributed by atoms with Gasteiger partial charge < -0.3 is 20.3 Å². The molecule has 15 heteroatoms. The minimum Gasteiger partial charge on any atom is -0.489 e. The molecule has 0 radical (unpaired) electrons. The quantitative estimate of drug-likeness (QED) is 0.313. The number of H-pyrrole nitrogens is 1. The maximum atomic E-state index is 13.3. The number of carbonyl (C=O) groups excluding carboxylic acids is 2. The number of likely N-dealkylation sites (N-methyl/N-ethyl adjacent to an activating group) is 1. The average molecular weight is 582 g/mol. The number of amides is 2. The van der Waals surface area contributed by atoms with E-state index in [1.165, 1.54) is 9.58 Å². The van der Waals surface area contributed by atoms with Crippen LogP contribution in [0.1, 0.15) is 39.2 Å². The molecule has 2 amide bonds. The Labute approximate surface area is 237 Å². The molecular weight excluding hydrogens is 555 g/mol. The Hall–Kier alpha value is -4.79. The molecular formula is C27H26F3N9O3. The van der Waals surface area contributed by atoms with E-state index in [4.69, 9.17) is 4.74 Å². The summed E-state index contributed by atoms with van der Waals surface area (Å²) in [6.07, 6.45) is -3.67. The first kappa shape index (κ1) is 27.4. The number of aromatic amines is 1. The van der Waals surface area contributed by atoms with Crippen LogP contribution in [0.2, 0.25) is 0 Å². The zero-order chi connectivity index (χ0) is 29.4. The lowest BCUT2D eigenvalue weighted by Gasteiger charge is -2.25. The van der Waals surface area contributed by atoms with Crippen LogP contribution in [0.5, 0.6) is 5.75 Å². The van der Waals surface area contributed by atoms with Crippen LogP contribution < -0.4 is 20.3 Å². The number of anilines is 1. The van der Waals surface area contributed by atoms with Crippen molar-refractivity contribution in [3.05, 3.63) is 83.0 Å². The van der Waals surface area contributed by atoms with Crippen molar-refractivity contribution in [1.82, 2.24) is 40.6 Å². The molecule has 12 nitrogen and oxygen atoms in total. The predicted octanol–water partition coefficient (Wildman–Crippen LogP) is 1.87. The van der Waals surface area contributed by atoms with Crippen molar-refractivity contribution in [1.29, 1.82) is 0 Å². The molecule has 3 N–H and O–H groups in total. The van der Waals surface area contributed by atoms with Crippen LogP contribution in [0.4, 0.5) is 18.9 Å². The van der Waals surface area contributed by atoms with E-state index in [0.29, 0.717) is 30.1 Å². The van der Waals surface area contributed by atoms with Gasteiger partial charge in [0.25, 0.3) is 17.6 Å². The van der Waals surface area contributed by atoms with Crippen molar-refractivity contribution in [2.45, 2.75) is 44.2 Å². The van der Waals surface area contributed by atoms with Crippen molar-refractivity contribution in [3.63, 3.8) is 0 Å². The Bertz CT molecular complexity index is 1620. The number of fused-ring (bicyclic) bond motifs is 2. The van der Waals surface area contributed by atoms with Crippen molar-refractivity contribution in [2.24, 2.45) is 0 Å². The lowest BCUT2D eigenvalue weighted by molar-refractivity contribution is -0.145. The number of nitrogens with one attached hydrogen (secondary N) is 3. The standard InChI is InChI=1S/C27H26F3N9O3/c1-38-19-10-16(9-17-13-39-22(12-31-17)34-26(37-39)27(28,29)30)7-8-20(19)42-14-18(25(38)41)32-24(40)23-33-21(35-36-23)11-15-5-3-2-4-6-15/h2-8,10,17-18,31H,9,11-14H2,1H3,(H,32,40)(H,33,35,36)/t17?,18-/m1/s1. The number of alkyl halides is 3. The zero-order valence-corrected chi connectivity index (χ0v) is 22.4. The Morgan fingerprint density at radius 1 is 1.14 bits per heavy atom. The Morgan fingerprint density at radius 2 is 1.95 bits per heavy atom. The topological polar surface area (TPSA) is 143 Å². The largest absolute Gasteiger partial charge is 0.489 e. The highest BCUT2D eigenvalue weighted by Gasteiger charge is 2.38. The zero-order valence-electron chi connectivity index (χ0n) is 22.4. The number of halogens is 3. The van der Waals surface area contributed by atoms with Gasteiger partial charge in [0.1, 0.15) is 30.0 Å². The average Bonchev–Trinajstić information content (AvgIpc) is 3.60. The molecule has 2 aliphatic rings. The van der Waals surface area contributed by atoms with Crippen molar-refractivity contribution >= 4 is 17.5 Å². The summed E-state index contributed by atoms with van der Waals surface area (Å²) in [6.45, 7) is 0.271. The summed E-state index contributed by atoms with van der Waals surface area (Å²) in [6, 6.07) is 13.8. The minimum absolute atomic E-state index is 0.0849. The summed E-state index contributed by atoms with van der Waals surface area (Å²) in [7, 11) is 1.59. The first-order valence-electron chi connectivity index (χ1n) is 13.2. The summed E-state index contributed by atoms with van der Waals surface area (Å²) in [5, 5.41) is 16.2. The first-order chi connectivity index (χ1) is 20.1. The molecule has 2 aromatic carbocycles. The number of nitrogens with zero attached hydrogens (tertiary/aromatic N) is 6. The number of rotatable bonds is 6. The third-order valence-electron chi connectivity index (χ3n) is 7.10. The molecule has 2 atom stereocenters. The third kappa shape index (κ3) is 5.68. The Kier molecular flexibility index (Phi) is 7.10. The summed E-state index contributed by atoms with van der Waals surface area (Å²) in [5.41, 5.74) is 2.35. The van der Waals surface area contributed by atoms with Gasteiger partial charge in [-0.3, -0.25) is 14.7 Å². The van der Waals surface area contributed by atoms with Crippen LogP contribution in [-0.4, -0.2) is 67.5 Å². The molecule has 0 fully saturated rings. The van der Waals surface area contributed by atoms with Gasteiger partial charge in [0.2, 0.25) is 5.82 Å². The molecule has 4 aromatic rings. The SMILES string of the molecule is CN1C(=O)[C@H](NC(=O)c2n[nH]c(Cc3ccccc3)n2)COc2ccc(CC3Cn4nc(C(F)(F)F)nc4CN3)cc21. The molecule has 42 heavy (non-hydrogen) atoms. The molecule has 0 aliphatic carbocycles. The van der Waals surface area contributed by atoms with Gasteiger partial charge in [-0.05, 0) is 29.7 Å². The van der Waals surface area contributed by atoms with Crippen LogP contribution in [0.25, 0.3) is 0 Å². The summed E-state index contributed by atoms with van der Waals surface area (Å²) in [4.78, 5) is 35.4. The van der Waals surface area contributed by atoms with Crippen LogP contribution in [0.3, 0.4) is 0 Å². The molecule has 2 aliphatic heterocycles. The molecule has 218 valence electrons. The Balaban J connectivity index is 1.10. The lowest BCUT2D eigenvalue weighted by Crippen LogP contribution is -2.49. The van der Waals surface area contributed by atoms with Gasteiger partial charge >= 0.3 is 6.18 Å². The van der Waals surface area contributed by atoms with E-state index in [1.807, 2.05) is 36.4 Å². The smallest absolute Gasteiger partial charge is 0.453 e. The van der Waals surface area contributed by atoms with E-state index in [-0.39, 0.29) is 43.3 Å². The van der Waals surface area contributed by atoms with E-state index >= 15 is 0 Å². The highest BCUT2D eigenvalue weighted by Crippen LogP contribution is 2.32. The third-order valence-corrected chi connectivity index (χ3v) is 7.10. The van der Waals surface area contributed by atoms with Crippen molar-refractivity contribution < 1.29 is 27.5 Å². The van der Waals surface area contributed by atoms with Crippen molar-refractivity contribution in [2.75, 3.05) is 18.6 Å². The van der Waals surface area contributed by atoms with Gasteiger partial charge in [-0.25, -0.2) is 14.6 Å². The van der Waals surface area contributed by atoms with Gasteiger partial charge in [0.15, 0.2) is 0 Å². The van der Waals surface area contributed by atoms with Crippen LogP contribution in [0, 0.1) is 0 Å². The maximum absolute atomic E-state index is 13.3. The molecule has 0 saturated heterocycles. The number of carbonyl (C=O) groups is 2. The highest BCUT2D eigenvalue weighted by molar-refractivity contribution is 6.02. The fraction of sp³-hybridized carbons (Fsp3) is 0.333. The Morgan fingerprint density at radius 3 is 2.74 bits per heavy atom. The number of aromatic nitrogens is 6. The van der Waals surface area contributed by atoms with Crippen LogP contribution in [0.15, 0.2) is 48.5 Å². The molecule has 4 heterocycles. The maximum Gasteiger partial charge on any atom is 0.453 e. The van der Waals surface area contributed by atoms with Gasteiger partial charge in [-0.2, -0.15) is 13.2 Å². The molecule has 6 rings (SSSR count). The molecule has 0 bridgehead atoms. The molecule has 0 saturated carbocycles. The van der Waals surface area contributed by atoms with Crippen LogP contribution >= 0.6 is 0 Å². The monoisotopic (exact) mass is 581 g/mol. The number of ether oxygens (including phenoxy) is 1. The molecule has 2 aromatic heterocycles. The van der Waals surface area contributed by atoms with Gasteiger partial charge in [-0.1, -0.05) is 36.4 Å². The van der Waals surface area contributed by atoms with E-state index < -0.39 is 23.9 Å². The van der Waals surface area contributed by atoms with Gasteiger partial charge in [0.05, 0.1) is 18.8 Å².